The Morgan fingerprint density at radius 1 is 2.00 bits per heavy atom. The molecule has 0 bridgehead atoms. The number of rotatable bonds is 1. The van der Waals surface area contributed by atoms with Crippen molar-refractivity contribution in [1.82, 2.24) is 0 Å². The van der Waals surface area contributed by atoms with Crippen LogP contribution in [-0.4, -0.2) is 25.0 Å². The van der Waals surface area contributed by atoms with Crippen LogP contribution in [0.25, 0.3) is 0 Å². The summed E-state index contributed by atoms with van der Waals surface area (Å²) in [5.74, 6) is 0. The maximum atomic E-state index is 8.04. The molecule has 0 aliphatic carbocycles. The second kappa shape index (κ2) is 3.76. The fourth-order valence-electron chi connectivity index (χ4n) is 0. The molecule has 2 heteroatoms. The van der Waals surface area contributed by atoms with Crippen molar-refractivity contribution in [2.75, 3.05) is 0 Å². The Labute approximate surface area is 36.8 Å². The van der Waals surface area contributed by atoms with Crippen LogP contribution >= 0.6 is 0 Å². The summed E-state index contributed by atoms with van der Waals surface area (Å²) < 4.78 is 9.09. The molecule has 0 aromatic heterocycles. The molecule has 2 radical (unpaired) electrons. The molecule has 24 valence electrons. The normalized spacial score (nSPS) is 7.50. The molecule has 0 aromatic rings. The second-order valence-electron chi connectivity index (χ2n) is 0.512. The van der Waals surface area contributed by atoms with Gasteiger partial charge in [-0.2, -0.15) is 0 Å². The van der Waals surface area contributed by atoms with Gasteiger partial charge in [0.05, 0.1) is 0 Å². The van der Waals surface area contributed by atoms with E-state index in [0.29, 0.717) is 0 Å². The third-order valence-electron chi connectivity index (χ3n) is 0.158. The van der Waals surface area contributed by atoms with Crippen LogP contribution in [0, 0.1) is 0 Å². The van der Waals surface area contributed by atoms with E-state index in [1.54, 1.807) is 0 Å². The first kappa shape index (κ1) is 4.76. The van der Waals surface area contributed by atoms with Crippen molar-refractivity contribution in [1.29, 1.82) is 0 Å². The zero-order valence-corrected chi connectivity index (χ0v) is 5.51. The van der Waals surface area contributed by atoms with Crippen LogP contribution < -0.4 is 0 Å². The Balaban J connectivity index is 1.97. The summed E-state index contributed by atoms with van der Waals surface area (Å²) in [7, 11) is 0. The first-order chi connectivity index (χ1) is 1.91. The van der Waals surface area contributed by atoms with Gasteiger partial charge in [0.25, 0.3) is 0 Å². The van der Waals surface area contributed by atoms with Gasteiger partial charge in [-0.25, -0.2) is 0 Å². The molecule has 0 saturated carbocycles. The van der Waals surface area contributed by atoms with Gasteiger partial charge in [0.1, 0.15) is 0 Å². The van der Waals surface area contributed by atoms with E-state index in [9.17, 15) is 0 Å². The van der Waals surface area contributed by atoms with Gasteiger partial charge < -0.3 is 0 Å². The van der Waals surface area contributed by atoms with Crippen molar-refractivity contribution in [3.8, 4) is 0 Å². The summed E-state index contributed by atoms with van der Waals surface area (Å²) in [6, 6.07) is 0. The second-order valence-corrected chi connectivity index (χ2v) is 3.43. The molecule has 0 amide bonds. The predicted molar refractivity (Wildman–Crippen MR) is 18.5 cm³/mol. The summed E-state index contributed by atoms with van der Waals surface area (Å²) in [6.07, 6.45) is 0. The van der Waals surface area contributed by atoms with E-state index >= 15 is 0 Å². The third kappa shape index (κ3) is 2.76. The van der Waals surface area contributed by atoms with Gasteiger partial charge in [-0.1, -0.05) is 0 Å². The van der Waals surface area contributed by atoms with Crippen LogP contribution in [0.1, 0.15) is 6.92 Å². The minimum absolute atomic E-state index is 0.776. The Kier molecular flexibility index (Phi) is 4.47. The van der Waals surface area contributed by atoms with Gasteiger partial charge in [0.2, 0.25) is 0 Å². The van der Waals surface area contributed by atoms with Crippen molar-refractivity contribution < 1.29 is 3.44 Å². The minimum atomic E-state index is -0.776. The molecule has 0 heterocycles. The molecule has 0 rings (SSSR count). The first-order valence-corrected chi connectivity index (χ1v) is 4.58. The van der Waals surface area contributed by atoms with E-state index in [2.05, 4.69) is 0 Å². The van der Waals surface area contributed by atoms with Gasteiger partial charge in [-0.05, 0) is 0 Å². The first-order valence-electron chi connectivity index (χ1n) is 1.28. The van der Waals surface area contributed by atoms with Crippen LogP contribution in [0.5, 0.6) is 0 Å². The van der Waals surface area contributed by atoms with Gasteiger partial charge in [-0.15, -0.1) is 0 Å². The molecule has 0 atom stereocenters. The van der Waals surface area contributed by atoms with E-state index in [1.807, 2.05) is 6.92 Å². The van der Waals surface area contributed by atoms with Crippen molar-refractivity contribution >= 4 is 21.6 Å². The zero-order chi connectivity index (χ0) is 3.41. The van der Waals surface area contributed by atoms with Gasteiger partial charge in [-0.3, -0.25) is 0 Å². The van der Waals surface area contributed by atoms with Crippen LogP contribution in [-0.2, 0) is 0 Å². The van der Waals surface area contributed by atoms with E-state index in [0.717, 1.165) is 4.44 Å². The van der Waals surface area contributed by atoms with Crippen molar-refractivity contribution in [2.45, 2.75) is 11.4 Å². The topological polar surface area (TPSA) is 20.2 Å². The summed E-state index contributed by atoms with van der Waals surface area (Å²) >= 11 is -0.776. The molecule has 0 aliphatic heterocycles. The molecule has 0 unspecified atom stereocenters. The van der Waals surface area contributed by atoms with Crippen molar-refractivity contribution in [3.63, 3.8) is 0 Å². The van der Waals surface area contributed by atoms with E-state index in [4.69, 9.17) is 3.44 Å². The Bertz CT molecular complexity index is 8.00. The quantitative estimate of drug-likeness (QED) is 0.543. The summed E-state index contributed by atoms with van der Waals surface area (Å²) in [6.45, 7) is 2.01. The van der Waals surface area contributed by atoms with Crippen LogP contribution in [0.15, 0.2) is 0 Å². The summed E-state index contributed by atoms with van der Waals surface area (Å²) in [4.78, 5) is 0. The van der Waals surface area contributed by atoms with Crippen molar-refractivity contribution in [2.24, 2.45) is 0 Å². The van der Waals surface area contributed by atoms with Gasteiger partial charge >= 0.3 is 36.4 Å². The van der Waals surface area contributed by atoms with E-state index in [1.165, 1.54) is 0 Å². The third-order valence-corrected chi connectivity index (χ3v) is 1.06. The molecule has 1 N–H and O–H groups in total. The Morgan fingerprint density at radius 2 is 2.25 bits per heavy atom. The zero-order valence-electron chi connectivity index (χ0n) is 2.65. The van der Waals surface area contributed by atoms with Gasteiger partial charge in [0.15, 0.2) is 0 Å². The summed E-state index contributed by atoms with van der Waals surface area (Å²) in [5, 5.41) is 0. The number of hydrogen-bond acceptors (Lipinski definition) is 1. The van der Waals surface area contributed by atoms with Crippen LogP contribution in [0.3, 0.4) is 0 Å². The number of hydrogen-bond donors (Lipinski definition) is 1. The average molecular weight is 165 g/mol. The SMILES string of the molecule is C[CH2][Sn][OH]. The molecular formula is C2H6OSn. The fraction of sp³-hybridized carbons (Fsp3) is 1.00. The average Bonchev–Trinajstić information content (AvgIpc) is 1.37. The molecule has 0 aromatic carbocycles. The molecule has 0 spiro atoms. The standard InChI is InChI=1S/C2H5.H2O.Sn/c1-2;;/h1H2,2H3;1H2;/q;;+1/p-1. The Morgan fingerprint density at radius 3 is 2.25 bits per heavy atom. The molecule has 0 fully saturated rings. The van der Waals surface area contributed by atoms with Crippen molar-refractivity contribution in [3.05, 3.63) is 0 Å². The fourth-order valence-corrected chi connectivity index (χ4v) is 0. The molecular weight excluding hydrogens is 159 g/mol. The molecule has 0 aliphatic rings. The predicted octanol–water partition coefficient (Wildman–Crippen LogP) is 0.0361. The maximum absolute atomic E-state index is 8.04. The van der Waals surface area contributed by atoms with Crippen LogP contribution in [0.2, 0.25) is 4.44 Å². The van der Waals surface area contributed by atoms with E-state index in [-0.39, 0.29) is 0 Å². The summed E-state index contributed by atoms with van der Waals surface area (Å²) in [5.41, 5.74) is 0. The van der Waals surface area contributed by atoms with Gasteiger partial charge in [0, 0.05) is 0 Å². The Hall–Kier alpha value is 0.759. The van der Waals surface area contributed by atoms with Crippen LogP contribution in [0.4, 0.5) is 0 Å². The van der Waals surface area contributed by atoms with E-state index < -0.39 is 21.6 Å². The molecule has 1 nitrogen and oxygen atoms in total. The molecule has 4 heavy (non-hydrogen) atoms. The monoisotopic (exact) mass is 166 g/mol. The molecule has 0 saturated heterocycles.